The molecule has 2 rings (SSSR count). The Morgan fingerprint density at radius 3 is 2.57 bits per heavy atom. The zero-order chi connectivity index (χ0) is 10.3. The van der Waals surface area contributed by atoms with Crippen molar-refractivity contribution >= 4 is 22.6 Å². The predicted molar refractivity (Wildman–Crippen MR) is 63.7 cm³/mol. The second kappa shape index (κ2) is 3.45. The van der Waals surface area contributed by atoms with E-state index in [1.165, 1.54) is 0 Å². The van der Waals surface area contributed by atoms with Gasteiger partial charge in [-0.05, 0) is 60.1 Å². The van der Waals surface area contributed by atoms with E-state index in [9.17, 15) is 4.39 Å². The lowest BCUT2D eigenvalue weighted by molar-refractivity contribution is 0.547. The van der Waals surface area contributed by atoms with Crippen molar-refractivity contribution in [2.45, 2.75) is 31.2 Å². The normalized spacial score (nSPS) is 20.6. The van der Waals surface area contributed by atoms with E-state index in [0.717, 1.165) is 18.4 Å². The topological polar surface area (TPSA) is 26.0 Å². The summed E-state index contributed by atoms with van der Waals surface area (Å²) in [5.74, 6) is -0.130. The monoisotopic (exact) mass is 305 g/mol. The molecule has 1 aliphatic carbocycles. The Hall–Kier alpha value is -0.160. The zero-order valence-electron chi connectivity index (χ0n) is 8.06. The second-order valence-electron chi connectivity index (χ2n) is 4.07. The number of hydrogen-bond acceptors (Lipinski definition) is 1. The number of hydrogen-bond donors (Lipinski definition) is 1. The molecule has 0 bridgehead atoms. The molecule has 14 heavy (non-hydrogen) atoms. The quantitative estimate of drug-likeness (QED) is 0.836. The highest BCUT2D eigenvalue weighted by Crippen LogP contribution is 2.50. The second-order valence-corrected chi connectivity index (χ2v) is 5.24. The summed E-state index contributed by atoms with van der Waals surface area (Å²) in [6, 6.07) is 5.58. The summed E-state index contributed by atoms with van der Waals surface area (Å²) in [5, 5.41) is 0. The Balaban J connectivity index is 2.38. The van der Waals surface area contributed by atoms with Crippen LogP contribution in [0.1, 0.15) is 25.3 Å². The summed E-state index contributed by atoms with van der Waals surface area (Å²) in [7, 11) is 0. The molecule has 0 spiro atoms. The Labute approximate surface area is 97.0 Å². The average molecular weight is 305 g/mol. The standard InChI is InChI=1S/C11H13FIN/c1-7(14)11(4-5-11)8-2-3-10(13)9(12)6-8/h2-3,6-7H,4-5,14H2,1H3. The molecule has 1 aromatic rings. The molecule has 1 fully saturated rings. The van der Waals surface area contributed by atoms with Gasteiger partial charge in [0, 0.05) is 15.0 Å². The van der Waals surface area contributed by atoms with E-state index in [1.54, 1.807) is 6.07 Å². The molecule has 0 aliphatic heterocycles. The molecule has 0 heterocycles. The summed E-state index contributed by atoms with van der Waals surface area (Å²) >= 11 is 2.00. The maximum absolute atomic E-state index is 13.4. The molecule has 1 aliphatic rings. The van der Waals surface area contributed by atoms with Crippen LogP contribution in [0.2, 0.25) is 0 Å². The van der Waals surface area contributed by atoms with Crippen LogP contribution >= 0.6 is 22.6 Å². The van der Waals surface area contributed by atoms with E-state index >= 15 is 0 Å². The molecule has 76 valence electrons. The fraction of sp³-hybridized carbons (Fsp3) is 0.455. The predicted octanol–water partition coefficient (Wildman–Crippen LogP) is 2.81. The minimum Gasteiger partial charge on any atom is -0.327 e. The van der Waals surface area contributed by atoms with Crippen LogP contribution in [0, 0.1) is 9.39 Å². The van der Waals surface area contributed by atoms with Crippen molar-refractivity contribution in [3.8, 4) is 0 Å². The third-order valence-electron chi connectivity index (χ3n) is 3.15. The highest BCUT2D eigenvalue weighted by atomic mass is 127. The van der Waals surface area contributed by atoms with Gasteiger partial charge in [-0.15, -0.1) is 0 Å². The van der Waals surface area contributed by atoms with Crippen LogP contribution in [0.5, 0.6) is 0 Å². The molecule has 2 N–H and O–H groups in total. The first-order valence-electron chi connectivity index (χ1n) is 4.77. The van der Waals surface area contributed by atoms with Crippen LogP contribution in [0.25, 0.3) is 0 Å². The maximum atomic E-state index is 13.4. The fourth-order valence-corrected chi connectivity index (χ4v) is 2.28. The molecule has 0 aromatic heterocycles. The molecule has 0 radical (unpaired) electrons. The Kier molecular flexibility index (Phi) is 2.55. The van der Waals surface area contributed by atoms with Crippen LogP contribution in [-0.2, 0) is 5.41 Å². The van der Waals surface area contributed by atoms with Gasteiger partial charge in [0.1, 0.15) is 5.82 Å². The minimum atomic E-state index is -0.130. The van der Waals surface area contributed by atoms with Crippen LogP contribution < -0.4 is 5.73 Å². The minimum absolute atomic E-state index is 0.0607. The van der Waals surface area contributed by atoms with Crippen molar-refractivity contribution in [2.24, 2.45) is 5.73 Å². The van der Waals surface area contributed by atoms with Gasteiger partial charge in [-0.1, -0.05) is 6.07 Å². The van der Waals surface area contributed by atoms with Crippen LogP contribution in [-0.4, -0.2) is 6.04 Å². The van der Waals surface area contributed by atoms with Crippen LogP contribution in [0.4, 0.5) is 4.39 Å². The van der Waals surface area contributed by atoms with E-state index in [0.29, 0.717) is 3.57 Å². The Morgan fingerprint density at radius 1 is 1.50 bits per heavy atom. The molecule has 1 nitrogen and oxygen atoms in total. The first-order chi connectivity index (χ1) is 6.56. The summed E-state index contributed by atoms with van der Waals surface area (Å²) in [6.07, 6.45) is 2.18. The van der Waals surface area contributed by atoms with E-state index in [-0.39, 0.29) is 17.3 Å². The summed E-state index contributed by atoms with van der Waals surface area (Å²) < 4.78 is 14.0. The van der Waals surface area contributed by atoms with Gasteiger partial charge >= 0.3 is 0 Å². The average Bonchev–Trinajstić information content (AvgIpc) is 2.90. The maximum Gasteiger partial charge on any atom is 0.136 e. The molecule has 1 unspecified atom stereocenters. The van der Waals surface area contributed by atoms with E-state index < -0.39 is 0 Å². The van der Waals surface area contributed by atoms with Gasteiger partial charge in [-0.25, -0.2) is 4.39 Å². The Morgan fingerprint density at radius 2 is 2.14 bits per heavy atom. The Bertz CT molecular complexity index is 358. The van der Waals surface area contributed by atoms with Gasteiger partial charge < -0.3 is 5.73 Å². The third-order valence-corrected chi connectivity index (χ3v) is 4.03. The van der Waals surface area contributed by atoms with Crippen molar-refractivity contribution < 1.29 is 4.39 Å². The number of nitrogens with two attached hydrogens (primary N) is 1. The van der Waals surface area contributed by atoms with Gasteiger partial charge in [-0.2, -0.15) is 0 Å². The molecular weight excluding hydrogens is 292 g/mol. The molecule has 0 saturated heterocycles. The highest BCUT2D eigenvalue weighted by Gasteiger charge is 2.47. The largest absolute Gasteiger partial charge is 0.327 e. The summed E-state index contributed by atoms with van der Waals surface area (Å²) in [4.78, 5) is 0. The lowest BCUT2D eigenvalue weighted by atomic mass is 9.89. The molecule has 3 heteroatoms. The number of halogens is 2. The van der Waals surface area contributed by atoms with Crippen molar-refractivity contribution in [1.29, 1.82) is 0 Å². The van der Waals surface area contributed by atoms with Gasteiger partial charge in [0.2, 0.25) is 0 Å². The van der Waals surface area contributed by atoms with E-state index in [1.807, 2.05) is 41.6 Å². The molecule has 0 amide bonds. The number of benzene rings is 1. The van der Waals surface area contributed by atoms with E-state index in [2.05, 4.69) is 0 Å². The van der Waals surface area contributed by atoms with Crippen molar-refractivity contribution in [3.63, 3.8) is 0 Å². The summed E-state index contributed by atoms with van der Waals surface area (Å²) in [5.41, 5.74) is 7.05. The number of rotatable bonds is 2. The van der Waals surface area contributed by atoms with Gasteiger partial charge in [0.25, 0.3) is 0 Å². The zero-order valence-corrected chi connectivity index (χ0v) is 10.2. The third kappa shape index (κ3) is 1.56. The first kappa shape index (κ1) is 10.4. The van der Waals surface area contributed by atoms with Gasteiger partial charge in [0.05, 0.1) is 0 Å². The highest BCUT2D eigenvalue weighted by molar-refractivity contribution is 14.1. The molecule has 1 atom stereocenters. The summed E-state index contributed by atoms with van der Waals surface area (Å²) in [6.45, 7) is 2.00. The smallest absolute Gasteiger partial charge is 0.136 e. The molecule has 1 saturated carbocycles. The van der Waals surface area contributed by atoms with Gasteiger partial charge in [0.15, 0.2) is 0 Å². The van der Waals surface area contributed by atoms with Crippen molar-refractivity contribution in [3.05, 3.63) is 33.1 Å². The van der Waals surface area contributed by atoms with Crippen LogP contribution in [0.15, 0.2) is 18.2 Å². The fourth-order valence-electron chi connectivity index (χ4n) is 1.95. The molecular formula is C11H13FIN. The van der Waals surface area contributed by atoms with Crippen LogP contribution in [0.3, 0.4) is 0 Å². The lowest BCUT2D eigenvalue weighted by Crippen LogP contribution is -2.31. The van der Waals surface area contributed by atoms with Gasteiger partial charge in [-0.3, -0.25) is 0 Å². The molecule has 1 aromatic carbocycles. The van der Waals surface area contributed by atoms with Crippen molar-refractivity contribution in [1.82, 2.24) is 0 Å². The SMILES string of the molecule is CC(N)C1(c2ccc(I)c(F)c2)CC1. The van der Waals surface area contributed by atoms with E-state index in [4.69, 9.17) is 5.73 Å². The van der Waals surface area contributed by atoms with Crippen molar-refractivity contribution in [2.75, 3.05) is 0 Å². The lowest BCUT2D eigenvalue weighted by Gasteiger charge is -2.20. The first-order valence-corrected chi connectivity index (χ1v) is 5.85.